The molecule has 0 bridgehead atoms. The van der Waals surface area contributed by atoms with E-state index in [9.17, 15) is 0 Å². The Hall–Kier alpha value is 0.439. The molecule has 0 heterocycles. The predicted octanol–water partition coefficient (Wildman–Crippen LogP) is 0.200. The first kappa shape index (κ1) is 12.1. The van der Waals surface area contributed by atoms with Crippen LogP contribution >= 0.6 is 0 Å². The number of hydrogen-bond acceptors (Lipinski definition) is 2. The second kappa shape index (κ2) is 6.56. The molecule has 3 heteroatoms. The summed E-state index contributed by atoms with van der Waals surface area (Å²) in [6.07, 6.45) is 0. The molecule has 0 aromatic heterocycles. The molecule has 0 aliphatic rings. The van der Waals surface area contributed by atoms with E-state index in [0.717, 1.165) is 0 Å². The molecule has 0 amide bonds. The van der Waals surface area contributed by atoms with Crippen molar-refractivity contribution in [1.82, 2.24) is 10.6 Å². The summed E-state index contributed by atoms with van der Waals surface area (Å²) in [7, 11) is 3.94. The van der Waals surface area contributed by atoms with Gasteiger partial charge in [-0.05, 0) is 27.9 Å². The van der Waals surface area contributed by atoms with Crippen molar-refractivity contribution in [3.63, 3.8) is 0 Å². The maximum Gasteiger partial charge on any atom is 2.00 e. The monoisotopic (exact) mass is 179 g/mol. The van der Waals surface area contributed by atoms with Gasteiger partial charge >= 0.3 is 17.1 Å². The second-order valence-corrected chi connectivity index (χ2v) is 2.15. The van der Waals surface area contributed by atoms with Crippen LogP contribution in [0, 0.1) is 0 Å². The molecule has 59 valence electrons. The van der Waals surface area contributed by atoms with Crippen molar-refractivity contribution in [2.45, 2.75) is 25.9 Å². The molecule has 1 radical (unpaired) electrons. The molecule has 2 nitrogen and oxygen atoms in total. The van der Waals surface area contributed by atoms with E-state index in [2.05, 4.69) is 24.5 Å². The minimum Gasteiger partial charge on any atom is -0.316 e. The molecule has 0 aliphatic heterocycles. The van der Waals surface area contributed by atoms with Crippen LogP contribution in [0.3, 0.4) is 0 Å². The zero-order valence-electron chi connectivity index (χ0n) is 6.46. The van der Waals surface area contributed by atoms with Crippen molar-refractivity contribution in [3.05, 3.63) is 0 Å². The van der Waals surface area contributed by atoms with E-state index >= 15 is 0 Å². The molecule has 0 spiro atoms. The Labute approximate surface area is 68.3 Å². The molecular weight excluding hydrogens is 164 g/mol. The molecule has 2 unspecified atom stereocenters. The van der Waals surface area contributed by atoms with E-state index in [0.29, 0.717) is 12.1 Å². The summed E-state index contributed by atoms with van der Waals surface area (Å²) in [5.74, 6) is 0. The van der Waals surface area contributed by atoms with Gasteiger partial charge in [0.1, 0.15) is 0 Å². The van der Waals surface area contributed by atoms with Crippen LogP contribution in [0.25, 0.3) is 0 Å². The van der Waals surface area contributed by atoms with Crippen LogP contribution in [0.1, 0.15) is 13.8 Å². The summed E-state index contributed by atoms with van der Waals surface area (Å²) in [6, 6.07) is 1.11. The van der Waals surface area contributed by atoms with E-state index in [1.807, 2.05) is 14.1 Å². The van der Waals surface area contributed by atoms with Gasteiger partial charge in [0.15, 0.2) is 0 Å². The van der Waals surface area contributed by atoms with E-state index < -0.39 is 0 Å². The summed E-state index contributed by atoms with van der Waals surface area (Å²) in [5, 5.41) is 6.31. The van der Waals surface area contributed by atoms with E-state index in [1.54, 1.807) is 0 Å². The Morgan fingerprint density at radius 3 is 1.22 bits per heavy atom. The quantitative estimate of drug-likeness (QED) is 0.606. The molecular formula is C6H16CuN2+2. The van der Waals surface area contributed by atoms with E-state index in [1.165, 1.54) is 0 Å². The number of rotatable bonds is 3. The van der Waals surface area contributed by atoms with Gasteiger partial charge in [-0.25, -0.2) is 0 Å². The third-order valence-corrected chi connectivity index (χ3v) is 1.66. The fourth-order valence-electron chi connectivity index (χ4n) is 0.500. The summed E-state index contributed by atoms with van der Waals surface area (Å²) in [6.45, 7) is 4.31. The maximum atomic E-state index is 3.15. The first-order valence-electron chi connectivity index (χ1n) is 3.07. The van der Waals surface area contributed by atoms with E-state index in [4.69, 9.17) is 0 Å². The zero-order chi connectivity index (χ0) is 6.57. The number of hydrogen-bond donors (Lipinski definition) is 2. The predicted molar refractivity (Wildman–Crippen MR) is 37.0 cm³/mol. The average Bonchev–Trinajstić information content (AvgIpc) is 1.84. The van der Waals surface area contributed by atoms with Crippen LogP contribution in [-0.4, -0.2) is 26.2 Å². The van der Waals surface area contributed by atoms with Crippen LogP contribution in [0.15, 0.2) is 0 Å². The van der Waals surface area contributed by atoms with Gasteiger partial charge in [-0.3, -0.25) is 0 Å². The number of likely N-dealkylation sites (N-methyl/N-ethyl adjacent to an activating group) is 2. The Balaban J connectivity index is 0. The van der Waals surface area contributed by atoms with Crippen LogP contribution < -0.4 is 10.6 Å². The van der Waals surface area contributed by atoms with Crippen molar-refractivity contribution in [2.24, 2.45) is 0 Å². The van der Waals surface area contributed by atoms with Crippen molar-refractivity contribution in [3.8, 4) is 0 Å². The third-order valence-electron chi connectivity index (χ3n) is 1.66. The molecule has 0 rings (SSSR count). The molecule has 0 saturated heterocycles. The minimum absolute atomic E-state index is 0. The van der Waals surface area contributed by atoms with Crippen molar-refractivity contribution in [2.75, 3.05) is 14.1 Å². The summed E-state index contributed by atoms with van der Waals surface area (Å²) < 4.78 is 0. The first-order chi connectivity index (χ1) is 3.72. The van der Waals surface area contributed by atoms with Gasteiger partial charge in [0.2, 0.25) is 0 Å². The Bertz CT molecular complexity index is 51.0. The molecule has 0 aliphatic carbocycles. The van der Waals surface area contributed by atoms with Crippen LogP contribution in [0.2, 0.25) is 0 Å². The molecule has 9 heavy (non-hydrogen) atoms. The maximum absolute atomic E-state index is 3.15. The van der Waals surface area contributed by atoms with Gasteiger partial charge in [-0.15, -0.1) is 0 Å². The topological polar surface area (TPSA) is 24.1 Å². The molecule has 0 fully saturated rings. The third kappa shape index (κ3) is 4.91. The summed E-state index contributed by atoms with van der Waals surface area (Å²) in [5.41, 5.74) is 0. The number of nitrogens with one attached hydrogen (secondary N) is 2. The van der Waals surface area contributed by atoms with Crippen LogP contribution in [0.5, 0.6) is 0 Å². The average molecular weight is 180 g/mol. The van der Waals surface area contributed by atoms with Crippen molar-refractivity contribution in [1.29, 1.82) is 0 Å². The molecule has 0 aromatic rings. The van der Waals surface area contributed by atoms with Gasteiger partial charge in [0.25, 0.3) is 0 Å². The largest absolute Gasteiger partial charge is 2.00 e. The summed E-state index contributed by atoms with van der Waals surface area (Å²) >= 11 is 0. The van der Waals surface area contributed by atoms with E-state index in [-0.39, 0.29) is 17.1 Å². The Kier molecular flexibility index (Phi) is 8.85. The minimum atomic E-state index is 0. The standard InChI is InChI=1S/C6H16N2.Cu/c1-5(7-3)6(2)8-4;/h5-8H,1-4H3;/q;+2. The fourth-order valence-corrected chi connectivity index (χ4v) is 0.500. The van der Waals surface area contributed by atoms with Gasteiger partial charge in [0.05, 0.1) is 0 Å². The summed E-state index contributed by atoms with van der Waals surface area (Å²) in [4.78, 5) is 0. The van der Waals surface area contributed by atoms with Crippen molar-refractivity contribution < 1.29 is 17.1 Å². The SMILES string of the molecule is CNC(C)C(C)NC.[Cu+2]. The molecule has 2 atom stereocenters. The van der Waals surface area contributed by atoms with Crippen LogP contribution in [-0.2, 0) is 17.1 Å². The Morgan fingerprint density at radius 2 is 1.11 bits per heavy atom. The Morgan fingerprint density at radius 1 is 0.889 bits per heavy atom. The molecule has 0 saturated carbocycles. The molecule has 0 aromatic carbocycles. The first-order valence-corrected chi connectivity index (χ1v) is 3.07. The fraction of sp³-hybridized carbons (Fsp3) is 1.00. The normalized spacial score (nSPS) is 16.0. The van der Waals surface area contributed by atoms with Gasteiger partial charge in [-0.1, -0.05) is 0 Å². The van der Waals surface area contributed by atoms with Crippen LogP contribution in [0.4, 0.5) is 0 Å². The van der Waals surface area contributed by atoms with Crippen molar-refractivity contribution >= 4 is 0 Å². The molecule has 2 N–H and O–H groups in total. The zero-order valence-corrected chi connectivity index (χ0v) is 7.40. The van der Waals surface area contributed by atoms with Gasteiger partial charge in [-0.2, -0.15) is 0 Å². The smallest absolute Gasteiger partial charge is 0.316 e. The van der Waals surface area contributed by atoms with Gasteiger partial charge < -0.3 is 10.6 Å². The van der Waals surface area contributed by atoms with Gasteiger partial charge in [0, 0.05) is 12.1 Å². The second-order valence-electron chi connectivity index (χ2n) is 2.15.